The number of rotatable bonds is 6. The topological polar surface area (TPSA) is 30.2 Å². The standard InChI is InChI=1S/C23H22NO2.BF4/c1-3-15-24-21(19-13-9-6-10-14-19)16-20(18-11-7-5-8-12-18)17-22(24)23(25)26-4-2;2-1(3,4)5/h3,5-14,16-17H,1,4,15H2,2H3;/q+1;-1. The molecule has 0 bridgehead atoms. The van der Waals surface area contributed by atoms with Gasteiger partial charge in [0.2, 0.25) is 5.69 Å². The number of aromatic nitrogens is 1. The molecule has 31 heavy (non-hydrogen) atoms. The van der Waals surface area contributed by atoms with Crippen molar-refractivity contribution in [3.05, 3.63) is 91.1 Å². The summed E-state index contributed by atoms with van der Waals surface area (Å²) in [5.74, 6) is -0.329. The van der Waals surface area contributed by atoms with Gasteiger partial charge in [-0.25, -0.2) is 4.79 Å². The summed E-state index contributed by atoms with van der Waals surface area (Å²) in [5, 5.41) is 0. The number of allylic oxidation sites excluding steroid dienone is 1. The fourth-order valence-corrected chi connectivity index (χ4v) is 2.97. The Morgan fingerprint density at radius 1 is 0.935 bits per heavy atom. The zero-order chi connectivity index (χ0) is 22.9. The van der Waals surface area contributed by atoms with Crippen LogP contribution in [0.5, 0.6) is 0 Å². The van der Waals surface area contributed by atoms with Crippen LogP contribution in [-0.2, 0) is 11.3 Å². The lowest BCUT2D eigenvalue weighted by Gasteiger charge is -2.11. The molecule has 0 saturated heterocycles. The van der Waals surface area contributed by atoms with Crippen molar-refractivity contribution in [2.75, 3.05) is 6.61 Å². The monoisotopic (exact) mass is 431 g/mol. The van der Waals surface area contributed by atoms with Gasteiger partial charge in [-0.1, -0.05) is 55.1 Å². The number of esters is 1. The van der Waals surface area contributed by atoms with Crippen LogP contribution in [-0.4, -0.2) is 19.8 Å². The van der Waals surface area contributed by atoms with Crippen molar-refractivity contribution in [3.63, 3.8) is 0 Å². The average Bonchev–Trinajstić information content (AvgIpc) is 2.74. The molecule has 3 aromatic rings. The van der Waals surface area contributed by atoms with Gasteiger partial charge < -0.3 is 22.0 Å². The molecule has 0 fully saturated rings. The maximum absolute atomic E-state index is 12.6. The second-order valence-corrected chi connectivity index (χ2v) is 6.36. The summed E-state index contributed by atoms with van der Waals surface area (Å²) in [6, 6.07) is 24.1. The van der Waals surface area contributed by atoms with E-state index in [-0.39, 0.29) is 5.97 Å². The van der Waals surface area contributed by atoms with E-state index >= 15 is 0 Å². The zero-order valence-electron chi connectivity index (χ0n) is 17.0. The first-order valence-electron chi connectivity index (χ1n) is 9.58. The molecule has 0 aliphatic carbocycles. The van der Waals surface area contributed by atoms with Gasteiger partial charge in [0.25, 0.3) is 5.69 Å². The lowest BCUT2D eigenvalue weighted by atomic mass is 10.0. The van der Waals surface area contributed by atoms with E-state index in [1.807, 2.05) is 78.2 Å². The van der Waals surface area contributed by atoms with Crippen molar-refractivity contribution in [2.45, 2.75) is 13.5 Å². The van der Waals surface area contributed by atoms with Gasteiger partial charge in [0.15, 0.2) is 6.54 Å². The molecule has 0 amide bonds. The Hall–Kier alpha value is -3.42. The minimum atomic E-state index is -6.00. The highest BCUT2D eigenvalue weighted by Gasteiger charge is 2.26. The largest absolute Gasteiger partial charge is 0.673 e. The Morgan fingerprint density at radius 3 is 1.94 bits per heavy atom. The second kappa shape index (κ2) is 11.1. The Kier molecular flexibility index (Phi) is 8.55. The minimum absolute atomic E-state index is 0.329. The Morgan fingerprint density at radius 2 is 1.45 bits per heavy atom. The molecule has 1 heterocycles. The van der Waals surface area contributed by atoms with Crippen molar-refractivity contribution < 1.29 is 31.4 Å². The van der Waals surface area contributed by atoms with E-state index in [1.165, 1.54) is 0 Å². The van der Waals surface area contributed by atoms with Crippen molar-refractivity contribution in [1.29, 1.82) is 0 Å². The van der Waals surface area contributed by atoms with Crippen LogP contribution < -0.4 is 4.57 Å². The molecule has 3 rings (SSSR count). The van der Waals surface area contributed by atoms with Crippen LogP contribution in [0, 0.1) is 0 Å². The maximum Gasteiger partial charge on any atom is 0.673 e. The Balaban J connectivity index is 0.000000614. The number of carbonyl (C=O) groups excluding carboxylic acids is 1. The first kappa shape index (κ1) is 23.9. The van der Waals surface area contributed by atoms with Gasteiger partial charge in [-0.3, -0.25) is 0 Å². The molecule has 0 radical (unpaired) electrons. The SMILES string of the molecule is C=CC[n+]1c(C(=O)OCC)cc(-c2ccccc2)cc1-c1ccccc1.F[B-](F)(F)F. The third-order valence-corrected chi connectivity index (χ3v) is 4.14. The molecule has 0 spiro atoms. The van der Waals surface area contributed by atoms with E-state index in [9.17, 15) is 22.1 Å². The van der Waals surface area contributed by atoms with Crippen LogP contribution in [0.3, 0.4) is 0 Å². The van der Waals surface area contributed by atoms with Crippen molar-refractivity contribution >= 4 is 13.2 Å². The van der Waals surface area contributed by atoms with Crippen LogP contribution in [0.2, 0.25) is 0 Å². The van der Waals surface area contributed by atoms with E-state index < -0.39 is 7.25 Å². The molecule has 0 saturated carbocycles. The van der Waals surface area contributed by atoms with E-state index in [1.54, 1.807) is 6.08 Å². The zero-order valence-corrected chi connectivity index (χ0v) is 17.0. The smallest absolute Gasteiger partial charge is 0.458 e. The first-order valence-corrected chi connectivity index (χ1v) is 9.58. The summed E-state index contributed by atoms with van der Waals surface area (Å²) < 4.78 is 46.3. The van der Waals surface area contributed by atoms with Crippen LogP contribution in [0.1, 0.15) is 17.4 Å². The Labute approximate surface area is 178 Å². The number of halogens is 4. The summed E-state index contributed by atoms with van der Waals surface area (Å²) in [7, 11) is -6.00. The number of ether oxygens (including phenoxy) is 1. The van der Waals surface area contributed by atoms with Gasteiger partial charge >= 0.3 is 13.2 Å². The molecule has 0 unspecified atom stereocenters. The number of carbonyl (C=O) groups is 1. The summed E-state index contributed by atoms with van der Waals surface area (Å²) in [6.45, 7) is 6.52. The van der Waals surface area contributed by atoms with Crippen molar-refractivity contribution in [2.24, 2.45) is 0 Å². The summed E-state index contributed by atoms with van der Waals surface area (Å²) in [4.78, 5) is 12.6. The van der Waals surface area contributed by atoms with Gasteiger partial charge in [-0.05, 0) is 36.3 Å². The fraction of sp³-hybridized carbons (Fsp3) is 0.130. The molecule has 0 aliphatic heterocycles. The predicted octanol–water partition coefficient (Wildman–Crippen LogP) is 5.97. The first-order chi connectivity index (χ1) is 14.7. The molecule has 0 N–H and O–H groups in total. The predicted molar refractivity (Wildman–Crippen MR) is 114 cm³/mol. The molecule has 162 valence electrons. The Bertz CT molecular complexity index is 1000. The minimum Gasteiger partial charge on any atom is -0.458 e. The quantitative estimate of drug-likeness (QED) is 0.158. The summed E-state index contributed by atoms with van der Waals surface area (Å²) in [5.41, 5.74) is 4.55. The van der Waals surface area contributed by atoms with Gasteiger partial charge in [0.1, 0.15) is 0 Å². The third-order valence-electron chi connectivity index (χ3n) is 4.14. The van der Waals surface area contributed by atoms with Crippen LogP contribution in [0.25, 0.3) is 22.4 Å². The molecule has 2 aromatic carbocycles. The molecule has 1 aromatic heterocycles. The van der Waals surface area contributed by atoms with E-state index in [4.69, 9.17) is 4.74 Å². The van der Waals surface area contributed by atoms with E-state index in [0.717, 1.165) is 22.4 Å². The molecule has 0 aliphatic rings. The average molecular weight is 431 g/mol. The van der Waals surface area contributed by atoms with Gasteiger partial charge in [0.05, 0.1) is 6.61 Å². The van der Waals surface area contributed by atoms with Crippen LogP contribution in [0.15, 0.2) is 85.5 Å². The second-order valence-electron chi connectivity index (χ2n) is 6.36. The lowest BCUT2D eigenvalue weighted by molar-refractivity contribution is -0.678. The summed E-state index contributed by atoms with van der Waals surface area (Å²) >= 11 is 0. The normalized spacial score (nSPS) is 10.6. The fourth-order valence-electron chi connectivity index (χ4n) is 2.97. The third kappa shape index (κ3) is 7.40. The number of hydrogen-bond acceptors (Lipinski definition) is 2. The highest BCUT2D eigenvalue weighted by atomic mass is 19.5. The van der Waals surface area contributed by atoms with Crippen molar-refractivity contribution in [3.8, 4) is 22.4 Å². The number of hydrogen-bond donors (Lipinski definition) is 0. The van der Waals surface area contributed by atoms with E-state index in [0.29, 0.717) is 18.8 Å². The van der Waals surface area contributed by atoms with Crippen LogP contribution >= 0.6 is 0 Å². The molecule has 0 atom stereocenters. The summed E-state index contributed by atoms with van der Waals surface area (Å²) in [6.07, 6.45) is 1.79. The molecule has 3 nitrogen and oxygen atoms in total. The van der Waals surface area contributed by atoms with Crippen molar-refractivity contribution in [1.82, 2.24) is 0 Å². The van der Waals surface area contributed by atoms with Gasteiger partial charge in [-0.2, -0.15) is 4.57 Å². The molecular formula is C23H22BF4NO2. The van der Waals surface area contributed by atoms with Gasteiger partial charge in [0, 0.05) is 17.7 Å². The lowest BCUT2D eigenvalue weighted by Crippen LogP contribution is -2.42. The van der Waals surface area contributed by atoms with Gasteiger partial charge in [-0.15, -0.1) is 0 Å². The molecular weight excluding hydrogens is 409 g/mol. The van der Waals surface area contributed by atoms with E-state index in [2.05, 4.69) is 12.6 Å². The highest BCUT2D eigenvalue weighted by molar-refractivity contribution is 6.50. The van der Waals surface area contributed by atoms with Crippen LogP contribution in [0.4, 0.5) is 17.3 Å². The number of nitrogens with zero attached hydrogens (tertiary/aromatic N) is 1. The highest BCUT2D eigenvalue weighted by Crippen LogP contribution is 2.25. The number of pyridine rings is 1. The number of benzene rings is 2. The molecule has 8 heteroatoms. The maximum atomic E-state index is 12.6.